The van der Waals surface area contributed by atoms with E-state index in [0.717, 1.165) is 11.1 Å². The van der Waals surface area contributed by atoms with Gasteiger partial charge in [-0.25, -0.2) is 9.97 Å². The maximum Gasteiger partial charge on any atom is 0.255 e. The number of benzene rings is 2. The molecule has 0 atom stereocenters. The molecule has 3 rings (SSSR count). The molecule has 25 heavy (non-hydrogen) atoms. The van der Waals surface area contributed by atoms with Crippen LogP contribution >= 0.6 is 35.6 Å². The molecule has 0 saturated carbocycles. The van der Waals surface area contributed by atoms with Gasteiger partial charge in [-0.3, -0.25) is 4.79 Å². The normalized spacial score (nSPS) is 10.0. The van der Waals surface area contributed by atoms with Crippen LogP contribution in [0, 0.1) is 0 Å². The van der Waals surface area contributed by atoms with E-state index < -0.39 is 0 Å². The second kappa shape index (κ2) is 8.16. The lowest BCUT2D eigenvalue weighted by molar-refractivity contribution is 0.102. The molecular weight excluding hydrogens is 383 g/mol. The predicted molar refractivity (Wildman–Crippen MR) is 104 cm³/mol. The quantitative estimate of drug-likeness (QED) is 0.673. The molecule has 3 aromatic rings. The topological polar surface area (TPSA) is 80.9 Å². The summed E-state index contributed by atoms with van der Waals surface area (Å²) in [6.07, 6.45) is 3.20. The fourth-order valence-electron chi connectivity index (χ4n) is 2.20. The average Bonchev–Trinajstić information content (AvgIpc) is 2.55. The van der Waals surface area contributed by atoms with Gasteiger partial charge in [0.1, 0.15) is 0 Å². The minimum atomic E-state index is -0.316. The van der Waals surface area contributed by atoms with E-state index in [1.165, 1.54) is 0 Å². The molecule has 2 aromatic carbocycles. The predicted octanol–water partition coefficient (Wildman–Crippen LogP) is 4.71. The first-order valence-electron chi connectivity index (χ1n) is 6.97. The first-order chi connectivity index (χ1) is 11.5. The third kappa shape index (κ3) is 4.60. The number of nitrogen functional groups attached to an aromatic ring is 1. The Morgan fingerprint density at radius 2 is 1.60 bits per heavy atom. The average molecular weight is 396 g/mol. The Labute approximate surface area is 160 Å². The Kier molecular flexibility index (Phi) is 6.20. The summed E-state index contributed by atoms with van der Waals surface area (Å²) in [6, 6.07) is 12.0. The van der Waals surface area contributed by atoms with E-state index in [1.54, 1.807) is 36.7 Å². The highest BCUT2D eigenvalue weighted by Crippen LogP contribution is 2.28. The number of amides is 1. The van der Waals surface area contributed by atoms with Gasteiger partial charge in [0.2, 0.25) is 5.95 Å². The van der Waals surface area contributed by atoms with Gasteiger partial charge in [-0.2, -0.15) is 0 Å². The van der Waals surface area contributed by atoms with Crippen molar-refractivity contribution in [2.75, 3.05) is 11.1 Å². The van der Waals surface area contributed by atoms with Gasteiger partial charge < -0.3 is 11.1 Å². The SMILES string of the molecule is Cl.Nc1ncc(-c2ccccc2NC(=O)c2cc(Cl)cc(Cl)c2)cn1. The maximum atomic E-state index is 12.5. The Morgan fingerprint density at radius 1 is 1.00 bits per heavy atom. The van der Waals surface area contributed by atoms with Crippen LogP contribution in [0.1, 0.15) is 10.4 Å². The highest BCUT2D eigenvalue weighted by molar-refractivity contribution is 6.35. The molecule has 0 unspecified atom stereocenters. The van der Waals surface area contributed by atoms with Crippen molar-refractivity contribution in [2.24, 2.45) is 0 Å². The second-order valence-corrected chi connectivity index (χ2v) is 5.86. The minimum Gasteiger partial charge on any atom is -0.368 e. The molecule has 0 spiro atoms. The molecule has 3 N–H and O–H groups in total. The van der Waals surface area contributed by atoms with Crippen LogP contribution in [-0.4, -0.2) is 15.9 Å². The zero-order chi connectivity index (χ0) is 17.1. The molecule has 0 aliphatic carbocycles. The summed E-state index contributed by atoms with van der Waals surface area (Å²) in [7, 11) is 0. The molecular formula is C17H13Cl3N4O. The van der Waals surface area contributed by atoms with E-state index in [2.05, 4.69) is 15.3 Å². The summed E-state index contributed by atoms with van der Waals surface area (Å²) < 4.78 is 0. The van der Waals surface area contributed by atoms with Crippen molar-refractivity contribution in [1.29, 1.82) is 0 Å². The highest BCUT2D eigenvalue weighted by atomic mass is 35.5. The summed E-state index contributed by atoms with van der Waals surface area (Å²) in [6.45, 7) is 0. The molecule has 0 radical (unpaired) electrons. The van der Waals surface area contributed by atoms with Gasteiger partial charge in [-0.15, -0.1) is 12.4 Å². The molecule has 1 amide bonds. The first kappa shape index (κ1) is 19.0. The van der Waals surface area contributed by atoms with Crippen molar-refractivity contribution in [1.82, 2.24) is 9.97 Å². The Bertz CT molecular complexity index is 880. The van der Waals surface area contributed by atoms with Crippen LogP contribution in [0.2, 0.25) is 10.0 Å². The summed E-state index contributed by atoms with van der Waals surface area (Å²) >= 11 is 11.9. The maximum absolute atomic E-state index is 12.5. The van der Waals surface area contributed by atoms with Crippen molar-refractivity contribution in [3.8, 4) is 11.1 Å². The van der Waals surface area contributed by atoms with Gasteiger partial charge in [0.15, 0.2) is 0 Å². The number of anilines is 2. The monoisotopic (exact) mass is 394 g/mol. The van der Waals surface area contributed by atoms with Gasteiger partial charge in [-0.05, 0) is 24.3 Å². The smallest absolute Gasteiger partial charge is 0.255 e. The van der Waals surface area contributed by atoms with E-state index in [9.17, 15) is 4.79 Å². The lowest BCUT2D eigenvalue weighted by Gasteiger charge is -2.11. The van der Waals surface area contributed by atoms with E-state index in [4.69, 9.17) is 28.9 Å². The van der Waals surface area contributed by atoms with Crippen molar-refractivity contribution in [3.05, 3.63) is 70.5 Å². The number of aromatic nitrogens is 2. The van der Waals surface area contributed by atoms with Crippen LogP contribution in [0.15, 0.2) is 54.9 Å². The molecule has 1 aromatic heterocycles. The van der Waals surface area contributed by atoms with Gasteiger partial charge in [0.05, 0.1) is 0 Å². The number of rotatable bonds is 3. The van der Waals surface area contributed by atoms with Crippen LogP contribution in [0.5, 0.6) is 0 Å². The van der Waals surface area contributed by atoms with Gasteiger partial charge in [0.25, 0.3) is 5.91 Å². The largest absolute Gasteiger partial charge is 0.368 e. The summed E-state index contributed by atoms with van der Waals surface area (Å²) in [4.78, 5) is 20.4. The number of nitrogens with two attached hydrogens (primary N) is 1. The van der Waals surface area contributed by atoms with Crippen molar-refractivity contribution in [3.63, 3.8) is 0 Å². The molecule has 0 bridgehead atoms. The van der Waals surface area contributed by atoms with Crippen molar-refractivity contribution in [2.45, 2.75) is 0 Å². The van der Waals surface area contributed by atoms with E-state index in [-0.39, 0.29) is 24.3 Å². The number of carbonyl (C=O) groups is 1. The van der Waals surface area contributed by atoms with E-state index >= 15 is 0 Å². The van der Waals surface area contributed by atoms with Crippen LogP contribution in [0.3, 0.4) is 0 Å². The Balaban J connectivity index is 0.00000225. The third-order valence-electron chi connectivity index (χ3n) is 3.28. The molecule has 0 saturated heterocycles. The molecule has 128 valence electrons. The number of carbonyl (C=O) groups excluding carboxylic acids is 1. The lowest BCUT2D eigenvalue weighted by Crippen LogP contribution is -2.12. The number of nitrogens with zero attached hydrogens (tertiary/aromatic N) is 2. The van der Waals surface area contributed by atoms with Crippen molar-refractivity contribution >= 4 is 53.2 Å². The molecule has 0 aliphatic rings. The zero-order valence-electron chi connectivity index (χ0n) is 12.7. The fourth-order valence-corrected chi connectivity index (χ4v) is 2.73. The van der Waals surface area contributed by atoms with Crippen molar-refractivity contribution < 1.29 is 4.79 Å². The van der Waals surface area contributed by atoms with E-state index in [0.29, 0.717) is 21.3 Å². The van der Waals surface area contributed by atoms with E-state index in [1.807, 2.05) is 18.2 Å². The van der Waals surface area contributed by atoms with Crippen LogP contribution in [-0.2, 0) is 0 Å². The number of para-hydroxylation sites is 1. The molecule has 1 heterocycles. The summed E-state index contributed by atoms with van der Waals surface area (Å²) in [5.74, 6) is -0.128. The summed E-state index contributed by atoms with van der Waals surface area (Å²) in [5.41, 5.74) is 8.02. The first-order valence-corrected chi connectivity index (χ1v) is 7.73. The molecule has 8 heteroatoms. The minimum absolute atomic E-state index is 0. The number of hydrogen-bond acceptors (Lipinski definition) is 4. The molecule has 0 fully saturated rings. The van der Waals surface area contributed by atoms with Gasteiger partial charge >= 0.3 is 0 Å². The number of hydrogen-bond donors (Lipinski definition) is 2. The van der Waals surface area contributed by atoms with Crippen LogP contribution in [0.4, 0.5) is 11.6 Å². The highest BCUT2D eigenvalue weighted by Gasteiger charge is 2.12. The molecule has 5 nitrogen and oxygen atoms in total. The standard InChI is InChI=1S/C17H12Cl2N4O.ClH/c18-12-5-10(6-13(19)7-12)16(24)23-15-4-2-1-3-14(15)11-8-21-17(20)22-9-11;/h1-9H,(H,23,24)(H2,20,21,22);1H. The van der Waals surface area contributed by atoms with Crippen LogP contribution in [0.25, 0.3) is 11.1 Å². The third-order valence-corrected chi connectivity index (χ3v) is 3.72. The van der Waals surface area contributed by atoms with Gasteiger partial charge in [-0.1, -0.05) is 41.4 Å². The zero-order valence-corrected chi connectivity index (χ0v) is 15.1. The lowest BCUT2D eigenvalue weighted by atomic mass is 10.1. The Morgan fingerprint density at radius 3 is 2.24 bits per heavy atom. The fraction of sp³-hybridized carbons (Fsp3) is 0. The molecule has 0 aliphatic heterocycles. The van der Waals surface area contributed by atoms with Crippen LogP contribution < -0.4 is 11.1 Å². The number of nitrogens with one attached hydrogen (secondary N) is 1. The Hall–Kier alpha value is -2.34. The second-order valence-electron chi connectivity index (χ2n) is 4.99. The number of halogens is 3. The summed E-state index contributed by atoms with van der Waals surface area (Å²) in [5, 5.41) is 3.64. The van der Waals surface area contributed by atoms with Gasteiger partial charge in [0, 0.05) is 44.8 Å².